The van der Waals surface area contributed by atoms with E-state index in [4.69, 9.17) is 22.7 Å². The standard InChI is InChI=1S/C9H7ClN4O2S/c1-5-6(10)2-3-7-9(5)14(12)8(4-11)13-17(7,15)16/h2-3H,12H2,1H3. The number of nitriles is 1. The zero-order valence-electron chi connectivity index (χ0n) is 8.68. The summed E-state index contributed by atoms with van der Waals surface area (Å²) in [4.78, 5) is -0.0547. The fourth-order valence-electron chi connectivity index (χ4n) is 1.55. The van der Waals surface area contributed by atoms with E-state index in [-0.39, 0.29) is 16.4 Å². The first-order valence-corrected chi connectivity index (χ1v) is 6.29. The van der Waals surface area contributed by atoms with E-state index in [1.807, 2.05) is 0 Å². The van der Waals surface area contributed by atoms with Crippen molar-refractivity contribution in [2.45, 2.75) is 11.8 Å². The molecule has 1 aliphatic heterocycles. The topological polar surface area (TPSA) is 99.5 Å². The third-order valence-electron chi connectivity index (χ3n) is 2.38. The number of hydrazine groups is 1. The average molecular weight is 271 g/mol. The number of nitrogens with zero attached hydrogens (tertiary/aromatic N) is 3. The molecule has 17 heavy (non-hydrogen) atoms. The van der Waals surface area contributed by atoms with Crippen LogP contribution < -0.4 is 10.9 Å². The molecule has 1 aliphatic rings. The summed E-state index contributed by atoms with van der Waals surface area (Å²) >= 11 is 5.90. The highest BCUT2D eigenvalue weighted by atomic mass is 35.5. The van der Waals surface area contributed by atoms with Gasteiger partial charge >= 0.3 is 0 Å². The van der Waals surface area contributed by atoms with Crippen molar-refractivity contribution in [3.8, 4) is 6.07 Å². The second-order valence-electron chi connectivity index (χ2n) is 3.39. The molecule has 0 amide bonds. The highest BCUT2D eigenvalue weighted by Gasteiger charge is 2.31. The van der Waals surface area contributed by atoms with E-state index in [1.54, 1.807) is 13.0 Å². The molecule has 0 unspecified atom stereocenters. The van der Waals surface area contributed by atoms with Crippen LogP contribution in [0.3, 0.4) is 0 Å². The summed E-state index contributed by atoms with van der Waals surface area (Å²) in [6.07, 6.45) is 0. The number of fused-ring (bicyclic) bond motifs is 1. The first-order chi connectivity index (χ1) is 7.88. The Bertz CT molecular complexity index is 675. The summed E-state index contributed by atoms with van der Waals surface area (Å²) in [6, 6.07) is 4.39. The van der Waals surface area contributed by atoms with Crippen molar-refractivity contribution >= 4 is 33.1 Å². The smallest absolute Gasteiger partial charge is 0.251 e. The van der Waals surface area contributed by atoms with Crippen LogP contribution in [0.15, 0.2) is 21.4 Å². The molecule has 6 nitrogen and oxygen atoms in total. The molecule has 8 heteroatoms. The maximum Gasteiger partial charge on any atom is 0.287 e. The normalized spacial score (nSPS) is 17.1. The van der Waals surface area contributed by atoms with Crippen molar-refractivity contribution < 1.29 is 8.42 Å². The molecule has 0 saturated carbocycles. The molecule has 0 aromatic heterocycles. The van der Waals surface area contributed by atoms with Crippen LogP contribution in [0.4, 0.5) is 5.69 Å². The van der Waals surface area contributed by atoms with Crippen molar-refractivity contribution in [3.63, 3.8) is 0 Å². The number of nitrogens with two attached hydrogens (primary N) is 1. The Hall–Kier alpha value is -1.62. The Kier molecular flexibility index (Phi) is 2.58. The second-order valence-corrected chi connectivity index (χ2v) is 5.37. The molecule has 0 aliphatic carbocycles. The summed E-state index contributed by atoms with van der Waals surface area (Å²) < 4.78 is 26.9. The molecule has 2 rings (SSSR count). The van der Waals surface area contributed by atoms with Crippen LogP contribution in [-0.4, -0.2) is 14.3 Å². The lowest BCUT2D eigenvalue weighted by Gasteiger charge is -2.25. The van der Waals surface area contributed by atoms with Crippen LogP contribution in [0.2, 0.25) is 5.02 Å². The minimum absolute atomic E-state index is 0.0547. The van der Waals surface area contributed by atoms with Crippen molar-refractivity contribution in [1.29, 1.82) is 5.26 Å². The molecule has 0 saturated heterocycles. The predicted molar refractivity (Wildman–Crippen MR) is 63.1 cm³/mol. The lowest BCUT2D eigenvalue weighted by atomic mass is 10.2. The van der Waals surface area contributed by atoms with Crippen molar-refractivity contribution in [2.75, 3.05) is 5.01 Å². The number of halogens is 1. The molecule has 1 aromatic rings. The van der Waals surface area contributed by atoms with Gasteiger partial charge in [-0.25, -0.2) is 5.84 Å². The van der Waals surface area contributed by atoms with Gasteiger partial charge in [0, 0.05) is 5.02 Å². The molecule has 1 heterocycles. The van der Waals surface area contributed by atoms with E-state index >= 15 is 0 Å². The van der Waals surface area contributed by atoms with Gasteiger partial charge in [-0.15, -0.1) is 4.40 Å². The number of anilines is 1. The number of benzene rings is 1. The van der Waals surface area contributed by atoms with Crippen molar-refractivity contribution in [1.82, 2.24) is 0 Å². The molecule has 0 radical (unpaired) electrons. The van der Waals surface area contributed by atoms with Gasteiger partial charge in [0.2, 0.25) is 5.84 Å². The largest absolute Gasteiger partial charge is 0.287 e. The van der Waals surface area contributed by atoms with Gasteiger partial charge in [0.05, 0.1) is 5.69 Å². The molecular weight excluding hydrogens is 264 g/mol. The van der Waals surface area contributed by atoms with Crippen molar-refractivity contribution in [2.24, 2.45) is 10.2 Å². The molecule has 0 atom stereocenters. The van der Waals surface area contributed by atoms with E-state index in [9.17, 15) is 8.42 Å². The van der Waals surface area contributed by atoms with Gasteiger partial charge in [-0.05, 0) is 24.6 Å². The maximum atomic E-state index is 11.8. The molecule has 1 aromatic carbocycles. The Morgan fingerprint density at radius 2 is 2.18 bits per heavy atom. The first kappa shape index (κ1) is 11.9. The SMILES string of the molecule is Cc1c(Cl)ccc2c1N(N)C(C#N)=NS2(=O)=O. The molecular formula is C9H7ClN4O2S. The zero-order chi connectivity index (χ0) is 12.8. The first-order valence-electron chi connectivity index (χ1n) is 4.47. The Morgan fingerprint density at radius 1 is 1.53 bits per heavy atom. The lowest BCUT2D eigenvalue weighted by molar-refractivity contribution is 0.597. The van der Waals surface area contributed by atoms with Gasteiger partial charge in [0.1, 0.15) is 11.0 Å². The molecule has 0 spiro atoms. The predicted octanol–water partition coefficient (Wildman–Crippen LogP) is 0.953. The highest BCUT2D eigenvalue weighted by Crippen LogP contribution is 2.36. The number of hydrogen-bond acceptors (Lipinski definition) is 5. The van der Waals surface area contributed by atoms with Crippen LogP contribution >= 0.6 is 11.6 Å². The second kappa shape index (κ2) is 3.70. The van der Waals surface area contributed by atoms with Gasteiger partial charge in [-0.3, -0.25) is 5.01 Å². The van der Waals surface area contributed by atoms with E-state index in [1.165, 1.54) is 12.1 Å². The van der Waals surface area contributed by atoms with Gasteiger partial charge in [0.15, 0.2) is 0 Å². The fraction of sp³-hybridized carbons (Fsp3) is 0.111. The van der Waals surface area contributed by atoms with Crippen LogP contribution in [0.25, 0.3) is 0 Å². The van der Waals surface area contributed by atoms with Gasteiger partial charge in [0.25, 0.3) is 10.0 Å². The summed E-state index contributed by atoms with van der Waals surface area (Å²) in [5, 5.41) is 10.1. The van der Waals surface area contributed by atoms with Crippen LogP contribution in [-0.2, 0) is 10.0 Å². The summed E-state index contributed by atoms with van der Waals surface area (Å²) in [6.45, 7) is 1.62. The lowest BCUT2D eigenvalue weighted by Crippen LogP contribution is -2.41. The fourth-order valence-corrected chi connectivity index (χ4v) is 2.89. The van der Waals surface area contributed by atoms with Gasteiger partial charge in [-0.1, -0.05) is 11.6 Å². The van der Waals surface area contributed by atoms with E-state index in [0.717, 1.165) is 5.01 Å². The number of rotatable bonds is 0. The third-order valence-corrected chi connectivity index (χ3v) is 4.09. The molecule has 0 fully saturated rings. The molecule has 88 valence electrons. The van der Waals surface area contributed by atoms with E-state index in [2.05, 4.69) is 4.40 Å². The number of sulfonamides is 1. The van der Waals surface area contributed by atoms with Crippen LogP contribution in [0, 0.1) is 18.3 Å². The number of hydrogen-bond donors (Lipinski definition) is 1. The zero-order valence-corrected chi connectivity index (χ0v) is 10.2. The maximum absolute atomic E-state index is 11.8. The Labute approximate surface area is 103 Å². The van der Waals surface area contributed by atoms with E-state index < -0.39 is 10.0 Å². The summed E-state index contributed by atoms with van der Waals surface area (Å²) in [7, 11) is -3.89. The average Bonchev–Trinajstić information content (AvgIpc) is 2.27. The van der Waals surface area contributed by atoms with Crippen LogP contribution in [0.5, 0.6) is 0 Å². The Balaban J connectivity index is 2.87. The Morgan fingerprint density at radius 3 is 2.76 bits per heavy atom. The monoisotopic (exact) mass is 270 g/mol. The molecule has 0 bridgehead atoms. The quantitative estimate of drug-likeness (QED) is 0.708. The van der Waals surface area contributed by atoms with Crippen LogP contribution in [0.1, 0.15) is 5.56 Å². The van der Waals surface area contributed by atoms with Gasteiger partial charge < -0.3 is 0 Å². The van der Waals surface area contributed by atoms with Gasteiger partial charge in [-0.2, -0.15) is 13.7 Å². The van der Waals surface area contributed by atoms with E-state index in [0.29, 0.717) is 10.6 Å². The summed E-state index contributed by atoms with van der Waals surface area (Å²) in [5.74, 6) is 5.26. The molecule has 2 N–H and O–H groups in total. The summed E-state index contributed by atoms with van der Waals surface area (Å²) in [5.41, 5.74) is 0.668. The number of amidine groups is 1. The van der Waals surface area contributed by atoms with Crippen molar-refractivity contribution in [3.05, 3.63) is 22.7 Å². The third kappa shape index (κ3) is 1.67. The highest BCUT2D eigenvalue weighted by molar-refractivity contribution is 7.90. The minimum Gasteiger partial charge on any atom is -0.251 e. The minimum atomic E-state index is -3.89.